The van der Waals surface area contributed by atoms with Crippen LogP contribution in [-0.4, -0.2) is 96.1 Å². The third-order valence-electron chi connectivity index (χ3n) is 9.85. The lowest BCUT2D eigenvalue weighted by Gasteiger charge is -2.41. The number of carbonyl (C=O) groups excluding carboxylic acids is 1. The van der Waals surface area contributed by atoms with Crippen molar-refractivity contribution >= 4 is 28.2 Å². The van der Waals surface area contributed by atoms with Crippen LogP contribution in [0.2, 0.25) is 0 Å². The van der Waals surface area contributed by atoms with Crippen LogP contribution in [0.15, 0.2) is 49.1 Å². The Bertz CT molecular complexity index is 1690. The SMILES string of the molecule is [C-]#[N+]C[C@H]1CN(c2nc(O[C@@H](C)CN(C)C3CCC(F)(F)C3)nc3c2CCN(c2cccc4cccc(C)c24)C3)CCN1C(=O)C=C. The van der Waals surface area contributed by atoms with Gasteiger partial charge < -0.3 is 24.3 Å². The normalized spacial score (nSPS) is 21.4. The highest BCUT2D eigenvalue weighted by Gasteiger charge is 2.41. The summed E-state index contributed by atoms with van der Waals surface area (Å²) < 4.78 is 34.2. The minimum atomic E-state index is -2.61. The van der Waals surface area contributed by atoms with Gasteiger partial charge in [-0.25, -0.2) is 15.4 Å². The number of likely N-dealkylation sites (N-methyl/N-ethyl adjacent to an activating group) is 1. The van der Waals surface area contributed by atoms with Crippen LogP contribution in [0.5, 0.6) is 6.01 Å². The molecule has 0 bridgehead atoms. The van der Waals surface area contributed by atoms with Crippen molar-refractivity contribution in [2.24, 2.45) is 0 Å². The van der Waals surface area contributed by atoms with E-state index in [4.69, 9.17) is 21.3 Å². The number of hydrogen-bond acceptors (Lipinski definition) is 7. The van der Waals surface area contributed by atoms with Gasteiger partial charge in [-0.2, -0.15) is 9.97 Å². The molecule has 3 atom stereocenters. The Morgan fingerprint density at radius 3 is 2.72 bits per heavy atom. The molecule has 2 aliphatic heterocycles. The number of halogens is 2. The zero-order valence-electron chi connectivity index (χ0n) is 27.5. The summed E-state index contributed by atoms with van der Waals surface area (Å²) in [7, 11) is 1.87. The molecular weight excluding hydrogens is 600 g/mol. The number of rotatable bonds is 9. The van der Waals surface area contributed by atoms with Crippen LogP contribution in [0.1, 0.15) is 43.0 Å². The van der Waals surface area contributed by atoms with Gasteiger partial charge in [0, 0.05) is 68.2 Å². The van der Waals surface area contributed by atoms with E-state index in [1.54, 1.807) is 4.90 Å². The first-order valence-corrected chi connectivity index (χ1v) is 16.5. The van der Waals surface area contributed by atoms with Gasteiger partial charge in [0.1, 0.15) is 18.0 Å². The van der Waals surface area contributed by atoms with E-state index in [1.807, 2.05) is 18.9 Å². The number of aromatic nitrogens is 2. The van der Waals surface area contributed by atoms with Crippen LogP contribution in [-0.2, 0) is 17.8 Å². The summed E-state index contributed by atoms with van der Waals surface area (Å²) in [6.07, 6.45) is 1.94. The lowest BCUT2D eigenvalue weighted by molar-refractivity contribution is -0.128. The lowest BCUT2D eigenvalue weighted by Crippen LogP contribution is -2.56. The zero-order valence-corrected chi connectivity index (χ0v) is 27.5. The van der Waals surface area contributed by atoms with Gasteiger partial charge in [0.15, 0.2) is 0 Å². The summed E-state index contributed by atoms with van der Waals surface area (Å²) in [4.78, 5) is 34.3. The first-order chi connectivity index (χ1) is 22.6. The molecule has 1 amide bonds. The van der Waals surface area contributed by atoms with Crippen molar-refractivity contribution in [2.45, 2.75) is 70.2 Å². The standard InChI is InChI=1S/C36H43F2N7O2/c1-6-32(46)45-18-17-44(22-28(45)20-39-4)34-29-14-16-43(31-12-8-11-26-10-7-9-24(2)33(26)31)23-30(29)40-35(41-34)47-25(3)21-42(5)27-13-15-36(37,38)19-27/h6-12,25,27-28H,1,13-23H2,2-3,5H3/t25-,27?,28-/m0/s1. The summed E-state index contributed by atoms with van der Waals surface area (Å²) in [5.74, 6) is -2.01. The highest BCUT2D eigenvalue weighted by molar-refractivity contribution is 5.97. The Balaban J connectivity index is 1.31. The number of hydrogen-bond donors (Lipinski definition) is 0. The molecule has 3 heterocycles. The van der Waals surface area contributed by atoms with E-state index < -0.39 is 5.92 Å². The third kappa shape index (κ3) is 6.89. The number of aryl methyl sites for hydroxylation is 1. The minimum Gasteiger partial charge on any atom is -0.459 e. The maximum Gasteiger partial charge on any atom is 0.318 e. The van der Waals surface area contributed by atoms with Crippen LogP contribution >= 0.6 is 0 Å². The summed E-state index contributed by atoms with van der Waals surface area (Å²) in [5.41, 5.74) is 4.30. The molecule has 1 unspecified atom stereocenters. The van der Waals surface area contributed by atoms with E-state index in [0.717, 1.165) is 35.7 Å². The highest BCUT2D eigenvalue weighted by atomic mass is 19.3. The second-order valence-electron chi connectivity index (χ2n) is 13.2. The van der Waals surface area contributed by atoms with Crippen LogP contribution in [0.4, 0.5) is 20.3 Å². The Hall–Kier alpha value is -4.30. The predicted octanol–water partition coefficient (Wildman–Crippen LogP) is 5.51. The van der Waals surface area contributed by atoms with Gasteiger partial charge in [-0.05, 0) is 56.8 Å². The Morgan fingerprint density at radius 1 is 1.21 bits per heavy atom. The lowest BCUT2D eigenvalue weighted by atomic mass is 9.99. The van der Waals surface area contributed by atoms with E-state index in [9.17, 15) is 13.6 Å². The molecule has 3 aliphatic rings. The van der Waals surface area contributed by atoms with Gasteiger partial charge in [-0.1, -0.05) is 36.9 Å². The minimum absolute atomic E-state index is 0.0819. The largest absolute Gasteiger partial charge is 0.459 e. The molecule has 2 fully saturated rings. The quantitative estimate of drug-likeness (QED) is 0.225. The maximum atomic E-state index is 13.9. The van der Waals surface area contributed by atoms with Crippen molar-refractivity contribution in [2.75, 3.05) is 56.1 Å². The van der Waals surface area contributed by atoms with Gasteiger partial charge in [0.25, 0.3) is 0 Å². The van der Waals surface area contributed by atoms with Crippen LogP contribution < -0.4 is 14.5 Å². The number of nitrogens with zero attached hydrogens (tertiary/aromatic N) is 7. The van der Waals surface area contributed by atoms with Crippen molar-refractivity contribution in [1.29, 1.82) is 0 Å². The number of anilines is 2. The van der Waals surface area contributed by atoms with Crippen molar-refractivity contribution in [3.63, 3.8) is 0 Å². The molecule has 0 N–H and O–H groups in total. The average molecular weight is 644 g/mol. The third-order valence-corrected chi connectivity index (χ3v) is 9.85. The average Bonchev–Trinajstić information content (AvgIpc) is 3.43. The smallest absolute Gasteiger partial charge is 0.318 e. The number of benzene rings is 2. The summed E-state index contributed by atoms with van der Waals surface area (Å²) in [6, 6.07) is 12.5. The van der Waals surface area contributed by atoms with E-state index in [0.29, 0.717) is 39.1 Å². The number of ether oxygens (including phenoxy) is 1. The number of piperazine rings is 1. The topological polar surface area (TPSA) is 69.4 Å². The highest BCUT2D eigenvalue weighted by Crippen LogP contribution is 2.38. The van der Waals surface area contributed by atoms with E-state index >= 15 is 0 Å². The first kappa shape index (κ1) is 32.6. The number of fused-ring (bicyclic) bond motifs is 2. The second kappa shape index (κ2) is 13.4. The molecular formula is C36H43F2N7O2. The molecule has 47 heavy (non-hydrogen) atoms. The second-order valence-corrected chi connectivity index (χ2v) is 13.2. The van der Waals surface area contributed by atoms with Gasteiger partial charge in [0.05, 0.1) is 12.2 Å². The molecule has 1 aliphatic carbocycles. The van der Waals surface area contributed by atoms with Crippen molar-refractivity contribution < 1.29 is 18.3 Å². The van der Waals surface area contributed by atoms with Gasteiger partial charge in [-0.3, -0.25) is 9.69 Å². The molecule has 11 heteroatoms. The first-order valence-electron chi connectivity index (χ1n) is 16.5. The fraction of sp³-hybridized carbons (Fsp3) is 0.500. The molecule has 0 spiro atoms. The van der Waals surface area contributed by atoms with Crippen molar-refractivity contribution in [1.82, 2.24) is 19.8 Å². The van der Waals surface area contributed by atoms with Gasteiger partial charge in [0.2, 0.25) is 18.4 Å². The fourth-order valence-corrected chi connectivity index (χ4v) is 7.47. The molecule has 6 rings (SSSR count). The predicted molar refractivity (Wildman–Crippen MR) is 180 cm³/mol. The van der Waals surface area contributed by atoms with Crippen LogP contribution in [0.25, 0.3) is 15.6 Å². The summed E-state index contributed by atoms with van der Waals surface area (Å²) in [5, 5.41) is 2.42. The van der Waals surface area contributed by atoms with Gasteiger partial charge >= 0.3 is 6.01 Å². The fourth-order valence-electron chi connectivity index (χ4n) is 7.47. The number of alkyl halides is 2. The van der Waals surface area contributed by atoms with Crippen LogP contribution in [0.3, 0.4) is 0 Å². The molecule has 1 saturated heterocycles. The Kier molecular flexibility index (Phi) is 9.33. The molecule has 0 radical (unpaired) electrons. The number of carbonyl (C=O) groups is 1. The Labute approximate surface area is 275 Å². The van der Waals surface area contributed by atoms with E-state index in [-0.39, 0.29) is 49.5 Å². The molecule has 9 nitrogen and oxygen atoms in total. The maximum absolute atomic E-state index is 13.9. The monoisotopic (exact) mass is 643 g/mol. The summed E-state index contributed by atoms with van der Waals surface area (Å²) in [6.45, 7) is 18.7. The van der Waals surface area contributed by atoms with Crippen molar-refractivity contribution in [3.8, 4) is 6.01 Å². The van der Waals surface area contributed by atoms with Gasteiger partial charge in [-0.15, -0.1) is 0 Å². The van der Waals surface area contributed by atoms with Crippen LogP contribution in [0, 0.1) is 13.5 Å². The molecule has 1 saturated carbocycles. The van der Waals surface area contributed by atoms with Crippen molar-refractivity contribution in [3.05, 3.63) is 77.3 Å². The van der Waals surface area contributed by atoms with E-state index in [1.165, 1.54) is 22.4 Å². The Morgan fingerprint density at radius 2 is 2.00 bits per heavy atom. The molecule has 3 aromatic rings. The zero-order chi connectivity index (χ0) is 33.3. The number of amides is 1. The molecule has 2 aromatic carbocycles. The van der Waals surface area contributed by atoms with E-state index in [2.05, 4.69) is 64.5 Å². The molecule has 1 aromatic heterocycles. The molecule has 248 valence electrons. The summed E-state index contributed by atoms with van der Waals surface area (Å²) >= 11 is 0.